The third kappa shape index (κ3) is 1.67. The molecule has 0 saturated carbocycles. The van der Waals surface area contributed by atoms with Gasteiger partial charge in [0.2, 0.25) is 0 Å². The lowest BCUT2D eigenvalue weighted by atomic mass is 9.82. The molecule has 0 aromatic heterocycles. The normalized spacial score (nSPS) is 30.9. The number of rotatable bonds is 0. The highest BCUT2D eigenvalue weighted by Crippen LogP contribution is 2.42. The average Bonchev–Trinajstić information content (AvgIpc) is 1.87. The molecule has 0 N–H and O–H groups in total. The first kappa shape index (κ1) is 8.85. The average molecular weight is 169 g/mol. The summed E-state index contributed by atoms with van der Waals surface area (Å²) in [6.45, 7) is 8.95. The van der Waals surface area contributed by atoms with Crippen LogP contribution in [0.4, 0.5) is 0 Å². The van der Waals surface area contributed by atoms with Gasteiger partial charge in [0, 0.05) is 12.4 Å². The summed E-state index contributed by atoms with van der Waals surface area (Å²) in [5, 5.41) is 2.06. The number of hydrogen-bond acceptors (Lipinski definition) is 2. The van der Waals surface area contributed by atoms with Gasteiger partial charge < -0.3 is 0 Å². The second kappa shape index (κ2) is 2.67. The van der Waals surface area contributed by atoms with Crippen LogP contribution in [0.25, 0.3) is 0 Å². The van der Waals surface area contributed by atoms with Gasteiger partial charge in [-0.15, -0.1) is 11.8 Å². The summed E-state index contributed by atoms with van der Waals surface area (Å²) in [5.74, 6) is 0. The van der Waals surface area contributed by atoms with E-state index in [0.29, 0.717) is 0 Å². The molecule has 1 aliphatic heterocycles. The Morgan fingerprint density at radius 1 is 1.36 bits per heavy atom. The Morgan fingerprint density at radius 3 is 2.27 bits per heavy atom. The Balaban J connectivity index is 2.84. The Kier molecular flexibility index (Phi) is 2.15. The van der Waals surface area contributed by atoms with E-state index < -0.39 is 0 Å². The Morgan fingerprint density at radius 2 is 2.00 bits per heavy atom. The molecule has 0 amide bonds. The molecule has 2 heteroatoms. The van der Waals surface area contributed by atoms with Gasteiger partial charge in [-0.3, -0.25) is 4.99 Å². The van der Waals surface area contributed by atoms with Gasteiger partial charge in [0.15, 0.2) is 0 Å². The van der Waals surface area contributed by atoms with Crippen molar-refractivity contribution in [3.8, 4) is 0 Å². The summed E-state index contributed by atoms with van der Waals surface area (Å²) in [6, 6.07) is 0. The number of thioether (sulfide) groups is 1. The Hall–Kier alpha value is -0.240. The summed E-state index contributed by atoms with van der Waals surface area (Å²) >= 11 is 1.84. The number of aliphatic imine (C=N–C) groups is 1. The van der Waals surface area contributed by atoms with E-state index in [1.807, 2.05) is 24.2 Å². The fourth-order valence-corrected chi connectivity index (χ4v) is 1.68. The molecule has 0 radical (unpaired) electrons. The highest BCUT2D eigenvalue weighted by Gasteiger charge is 2.36. The van der Waals surface area contributed by atoms with Crippen molar-refractivity contribution in [1.82, 2.24) is 0 Å². The highest BCUT2D eigenvalue weighted by molar-refractivity contribution is 8.04. The van der Waals surface area contributed by atoms with Crippen LogP contribution in [0.15, 0.2) is 16.6 Å². The van der Waals surface area contributed by atoms with E-state index in [4.69, 9.17) is 0 Å². The zero-order valence-corrected chi connectivity index (χ0v) is 8.40. The molecule has 0 aliphatic carbocycles. The first-order valence-corrected chi connectivity index (χ1v) is 4.71. The molecule has 1 rings (SSSR count). The van der Waals surface area contributed by atoms with Crippen LogP contribution in [-0.2, 0) is 0 Å². The van der Waals surface area contributed by atoms with Gasteiger partial charge in [-0.2, -0.15) is 0 Å². The summed E-state index contributed by atoms with van der Waals surface area (Å²) < 4.78 is 0.155. The molecule has 1 unspecified atom stereocenters. The van der Waals surface area contributed by atoms with E-state index in [0.717, 1.165) is 0 Å². The van der Waals surface area contributed by atoms with Crippen LogP contribution in [0, 0.1) is 5.41 Å². The minimum atomic E-state index is 0.155. The Labute approximate surface area is 73.0 Å². The fourth-order valence-electron chi connectivity index (χ4n) is 0.793. The van der Waals surface area contributed by atoms with Crippen molar-refractivity contribution in [1.29, 1.82) is 0 Å². The van der Waals surface area contributed by atoms with E-state index in [1.165, 1.54) is 0 Å². The maximum Gasteiger partial charge on any atom is 0.0572 e. The van der Waals surface area contributed by atoms with Crippen LogP contribution in [0.1, 0.15) is 27.7 Å². The standard InChI is InChI=1S/C9H15NS/c1-8(2,3)9(4)7-10-5-6-11-9/h5-7H,1-4H3. The second-order valence-corrected chi connectivity index (χ2v) is 5.39. The third-order valence-corrected chi connectivity index (χ3v) is 3.74. The predicted molar refractivity (Wildman–Crippen MR) is 53.1 cm³/mol. The minimum absolute atomic E-state index is 0.155. The number of nitrogens with zero attached hydrogens (tertiary/aromatic N) is 1. The molecule has 1 atom stereocenters. The number of hydrogen-bond donors (Lipinski definition) is 0. The first-order chi connectivity index (χ1) is 4.96. The van der Waals surface area contributed by atoms with E-state index in [9.17, 15) is 0 Å². The lowest BCUT2D eigenvalue weighted by Gasteiger charge is -2.38. The molecule has 0 aromatic rings. The molecule has 0 fully saturated rings. The molecule has 1 aliphatic rings. The largest absolute Gasteiger partial charge is 0.267 e. The molecule has 62 valence electrons. The van der Waals surface area contributed by atoms with Crippen molar-refractivity contribution in [3.05, 3.63) is 11.6 Å². The van der Waals surface area contributed by atoms with Gasteiger partial charge in [0.25, 0.3) is 0 Å². The summed E-state index contributed by atoms with van der Waals surface area (Å²) in [4.78, 5) is 4.17. The van der Waals surface area contributed by atoms with Gasteiger partial charge in [0.05, 0.1) is 4.75 Å². The lowest BCUT2D eigenvalue weighted by molar-refractivity contribution is 0.370. The summed E-state index contributed by atoms with van der Waals surface area (Å²) in [7, 11) is 0. The van der Waals surface area contributed by atoms with Crippen molar-refractivity contribution in [2.24, 2.45) is 10.4 Å². The van der Waals surface area contributed by atoms with Gasteiger partial charge in [-0.1, -0.05) is 20.8 Å². The van der Waals surface area contributed by atoms with E-state index in [2.05, 4.69) is 38.1 Å². The molecule has 1 heterocycles. The van der Waals surface area contributed by atoms with Gasteiger partial charge in [0.1, 0.15) is 0 Å². The van der Waals surface area contributed by atoms with E-state index >= 15 is 0 Å². The van der Waals surface area contributed by atoms with Crippen molar-refractivity contribution in [3.63, 3.8) is 0 Å². The van der Waals surface area contributed by atoms with Crippen LogP contribution in [-0.4, -0.2) is 11.0 Å². The van der Waals surface area contributed by atoms with Crippen molar-refractivity contribution >= 4 is 18.0 Å². The zero-order chi connectivity index (χ0) is 8.54. The van der Waals surface area contributed by atoms with Crippen LogP contribution in [0.5, 0.6) is 0 Å². The van der Waals surface area contributed by atoms with Crippen LogP contribution >= 0.6 is 11.8 Å². The highest BCUT2D eigenvalue weighted by atomic mass is 32.2. The zero-order valence-electron chi connectivity index (χ0n) is 7.59. The van der Waals surface area contributed by atoms with Crippen LogP contribution in [0.2, 0.25) is 0 Å². The first-order valence-electron chi connectivity index (χ1n) is 3.83. The van der Waals surface area contributed by atoms with Gasteiger partial charge in [-0.25, -0.2) is 0 Å². The smallest absolute Gasteiger partial charge is 0.0572 e. The SMILES string of the molecule is CC(C)(C)C1(C)C=NC=CS1. The monoisotopic (exact) mass is 169 g/mol. The van der Waals surface area contributed by atoms with Gasteiger partial charge in [-0.05, 0) is 17.7 Å². The third-order valence-electron chi connectivity index (χ3n) is 2.27. The second-order valence-electron chi connectivity index (χ2n) is 4.04. The summed E-state index contributed by atoms with van der Waals surface area (Å²) in [6.07, 6.45) is 3.88. The minimum Gasteiger partial charge on any atom is -0.267 e. The molecular formula is C9H15NS. The van der Waals surface area contributed by atoms with Gasteiger partial charge >= 0.3 is 0 Å². The van der Waals surface area contributed by atoms with E-state index in [-0.39, 0.29) is 10.2 Å². The molecular weight excluding hydrogens is 154 g/mol. The fraction of sp³-hybridized carbons (Fsp3) is 0.667. The predicted octanol–water partition coefficient (Wildman–Crippen LogP) is 3.08. The Bertz CT molecular complexity index is 200. The van der Waals surface area contributed by atoms with Crippen molar-refractivity contribution in [2.75, 3.05) is 0 Å². The molecule has 1 nitrogen and oxygen atoms in total. The molecule has 11 heavy (non-hydrogen) atoms. The van der Waals surface area contributed by atoms with Crippen molar-refractivity contribution in [2.45, 2.75) is 32.4 Å². The molecule has 0 spiro atoms. The van der Waals surface area contributed by atoms with E-state index in [1.54, 1.807) is 0 Å². The quantitative estimate of drug-likeness (QED) is 0.543. The van der Waals surface area contributed by atoms with Crippen LogP contribution in [0.3, 0.4) is 0 Å². The topological polar surface area (TPSA) is 12.4 Å². The molecule has 0 bridgehead atoms. The van der Waals surface area contributed by atoms with Crippen molar-refractivity contribution < 1.29 is 0 Å². The molecule has 0 aromatic carbocycles. The maximum atomic E-state index is 4.17. The summed E-state index contributed by atoms with van der Waals surface area (Å²) in [5.41, 5.74) is 0.270. The molecule has 0 saturated heterocycles. The van der Waals surface area contributed by atoms with Crippen LogP contribution < -0.4 is 0 Å². The maximum absolute atomic E-state index is 4.17. The lowest BCUT2D eigenvalue weighted by Crippen LogP contribution is -2.38.